The minimum Gasteiger partial charge on any atom is -0.484 e. The lowest BCUT2D eigenvalue weighted by Gasteiger charge is -2.27. The number of piperidine rings is 1. The van der Waals surface area contributed by atoms with Crippen molar-refractivity contribution in [1.82, 2.24) is 5.43 Å². The molecular weight excluding hydrogens is 348 g/mol. The molecule has 0 saturated carbocycles. The van der Waals surface area contributed by atoms with Crippen LogP contribution in [0.15, 0.2) is 41.5 Å². The molecule has 2 aromatic rings. The molecule has 0 atom stereocenters. The molecule has 0 radical (unpaired) electrons. The molecule has 0 spiro atoms. The second-order valence-electron chi connectivity index (χ2n) is 5.94. The van der Waals surface area contributed by atoms with E-state index in [-0.39, 0.29) is 12.5 Å². The molecule has 0 unspecified atom stereocenters. The van der Waals surface area contributed by atoms with Crippen LogP contribution in [0.2, 0.25) is 0 Å². The van der Waals surface area contributed by atoms with Crippen LogP contribution in [0, 0.1) is 11.3 Å². The number of hydrazone groups is 1. The third kappa shape index (κ3) is 5.07. The summed E-state index contributed by atoms with van der Waals surface area (Å²) in [4.78, 5) is 15.2. The molecule has 7 heteroatoms. The Morgan fingerprint density at radius 2 is 2.00 bits per heavy atom. The molecule has 1 saturated heterocycles. The fraction of sp³-hybridized carbons (Fsp3) is 0.316. The monoisotopic (exact) mass is 368 g/mol. The summed E-state index contributed by atoms with van der Waals surface area (Å²) in [5, 5.41) is 14.0. The zero-order valence-electron chi connectivity index (χ0n) is 14.4. The highest BCUT2D eigenvalue weighted by atomic mass is 32.1. The highest BCUT2D eigenvalue weighted by Crippen LogP contribution is 2.27. The van der Waals surface area contributed by atoms with Gasteiger partial charge in [-0.15, -0.1) is 11.3 Å². The quantitative estimate of drug-likeness (QED) is 0.628. The number of hydrogen-bond donors (Lipinski definition) is 1. The zero-order chi connectivity index (χ0) is 18.2. The largest absolute Gasteiger partial charge is 0.484 e. The van der Waals surface area contributed by atoms with Crippen molar-refractivity contribution in [3.8, 4) is 11.8 Å². The van der Waals surface area contributed by atoms with Crippen molar-refractivity contribution in [2.75, 3.05) is 24.6 Å². The van der Waals surface area contributed by atoms with Gasteiger partial charge in [-0.05, 0) is 55.7 Å². The maximum absolute atomic E-state index is 11.8. The van der Waals surface area contributed by atoms with Crippen LogP contribution in [0.25, 0.3) is 0 Å². The first-order valence-corrected chi connectivity index (χ1v) is 9.36. The molecule has 1 aromatic heterocycles. The summed E-state index contributed by atoms with van der Waals surface area (Å²) in [5.74, 6) is 0.200. The van der Waals surface area contributed by atoms with Crippen LogP contribution in [-0.2, 0) is 4.79 Å². The standard InChI is InChI=1S/C19H20N4O2S/c20-12-15-4-6-16(7-5-15)25-14-18(24)22-21-13-17-8-9-19(26-17)23-10-2-1-3-11-23/h4-9,13H,1-3,10-11,14H2,(H,22,24)/b21-13-. The van der Waals surface area contributed by atoms with E-state index in [0.29, 0.717) is 11.3 Å². The molecule has 0 aliphatic carbocycles. The van der Waals surface area contributed by atoms with E-state index in [1.54, 1.807) is 41.8 Å². The van der Waals surface area contributed by atoms with Crippen molar-refractivity contribution in [1.29, 1.82) is 5.26 Å². The minimum absolute atomic E-state index is 0.132. The van der Waals surface area contributed by atoms with Crippen molar-refractivity contribution < 1.29 is 9.53 Å². The normalized spacial score (nSPS) is 14.2. The Morgan fingerprint density at radius 1 is 1.23 bits per heavy atom. The fourth-order valence-electron chi connectivity index (χ4n) is 2.67. The summed E-state index contributed by atoms with van der Waals surface area (Å²) < 4.78 is 5.35. The van der Waals surface area contributed by atoms with E-state index >= 15 is 0 Å². The van der Waals surface area contributed by atoms with Crippen LogP contribution in [0.1, 0.15) is 29.7 Å². The Balaban J connectivity index is 1.43. The van der Waals surface area contributed by atoms with Gasteiger partial charge in [0.25, 0.3) is 5.91 Å². The number of nitrogens with one attached hydrogen (secondary N) is 1. The van der Waals surface area contributed by atoms with Gasteiger partial charge in [-0.2, -0.15) is 10.4 Å². The van der Waals surface area contributed by atoms with E-state index in [1.807, 2.05) is 12.1 Å². The molecular formula is C19H20N4O2S. The number of thiophene rings is 1. The van der Waals surface area contributed by atoms with Gasteiger partial charge in [0, 0.05) is 18.0 Å². The Kier molecular flexibility index (Phi) is 6.23. The first-order chi connectivity index (χ1) is 12.7. The minimum atomic E-state index is -0.335. The predicted octanol–water partition coefficient (Wildman–Crippen LogP) is 3.14. The fourth-order valence-corrected chi connectivity index (χ4v) is 3.60. The topological polar surface area (TPSA) is 77.7 Å². The highest BCUT2D eigenvalue weighted by molar-refractivity contribution is 7.17. The molecule has 2 heterocycles. The van der Waals surface area contributed by atoms with E-state index < -0.39 is 0 Å². The Bertz CT molecular complexity index is 802. The summed E-state index contributed by atoms with van der Waals surface area (Å²) in [5.41, 5.74) is 3.01. The SMILES string of the molecule is N#Cc1ccc(OCC(=O)N/N=C\c2ccc(N3CCCCC3)s2)cc1. The second kappa shape index (κ2) is 9.02. The van der Waals surface area contributed by atoms with Crippen LogP contribution < -0.4 is 15.1 Å². The number of ether oxygens (including phenoxy) is 1. The summed E-state index contributed by atoms with van der Waals surface area (Å²) in [6.45, 7) is 2.09. The second-order valence-corrected chi connectivity index (χ2v) is 7.04. The number of anilines is 1. The molecule has 3 rings (SSSR count). The number of carbonyl (C=O) groups excluding carboxylic acids is 1. The molecule has 0 bridgehead atoms. The Labute approximate surface area is 156 Å². The first-order valence-electron chi connectivity index (χ1n) is 8.54. The van der Waals surface area contributed by atoms with Crippen LogP contribution in [0.5, 0.6) is 5.75 Å². The van der Waals surface area contributed by atoms with Gasteiger partial charge in [0.05, 0.1) is 22.8 Å². The molecule has 26 heavy (non-hydrogen) atoms. The molecule has 1 amide bonds. The van der Waals surface area contributed by atoms with Crippen molar-refractivity contribution in [3.05, 3.63) is 46.8 Å². The summed E-state index contributed by atoms with van der Waals surface area (Å²) >= 11 is 1.67. The van der Waals surface area contributed by atoms with Crippen molar-refractivity contribution in [2.45, 2.75) is 19.3 Å². The van der Waals surface area contributed by atoms with Gasteiger partial charge in [-0.25, -0.2) is 5.43 Å². The average molecular weight is 368 g/mol. The third-order valence-corrected chi connectivity index (χ3v) is 5.10. The van der Waals surface area contributed by atoms with E-state index in [0.717, 1.165) is 18.0 Å². The smallest absolute Gasteiger partial charge is 0.277 e. The summed E-state index contributed by atoms with van der Waals surface area (Å²) in [7, 11) is 0. The zero-order valence-corrected chi connectivity index (χ0v) is 15.2. The molecule has 134 valence electrons. The molecule has 1 fully saturated rings. The molecule has 1 aliphatic heterocycles. The number of nitrogens with zero attached hydrogens (tertiary/aromatic N) is 3. The summed E-state index contributed by atoms with van der Waals surface area (Å²) in [6.07, 6.45) is 5.46. The molecule has 1 aromatic carbocycles. The van der Waals surface area contributed by atoms with Gasteiger partial charge in [0.15, 0.2) is 6.61 Å². The average Bonchev–Trinajstić information content (AvgIpc) is 3.16. The number of hydrogen-bond acceptors (Lipinski definition) is 6. The van der Waals surface area contributed by atoms with Crippen LogP contribution in [0.3, 0.4) is 0 Å². The van der Waals surface area contributed by atoms with Gasteiger partial charge >= 0.3 is 0 Å². The van der Waals surface area contributed by atoms with Crippen molar-refractivity contribution >= 4 is 28.5 Å². The number of benzene rings is 1. The maximum Gasteiger partial charge on any atom is 0.277 e. The van der Waals surface area contributed by atoms with Gasteiger partial charge in [0.1, 0.15) is 5.75 Å². The number of carbonyl (C=O) groups is 1. The van der Waals surface area contributed by atoms with E-state index in [4.69, 9.17) is 10.00 Å². The maximum atomic E-state index is 11.8. The van der Waals surface area contributed by atoms with Crippen LogP contribution >= 0.6 is 11.3 Å². The highest BCUT2D eigenvalue weighted by Gasteiger charge is 2.12. The molecule has 6 nitrogen and oxygen atoms in total. The number of amides is 1. The third-order valence-electron chi connectivity index (χ3n) is 4.01. The van der Waals surface area contributed by atoms with Crippen LogP contribution in [-0.4, -0.2) is 31.8 Å². The molecule has 1 N–H and O–H groups in total. The van der Waals surface area contributed by atoms with Gasteiger partial charge in [-0.1, -0.05) is 0 Å². The van der Waals surface area contributed by atoms with Gasteiger partial charge < -0.3 is 9.64 Å². The van der Waals surface area contributed by atoms with E-state index in [2.05, 4.69) is 21.5 Å². The lowest BCUT2D eigenvalue weighted by molar-refractivity contribution is -0.123. The summed E-state index contributed by atoms with van der Waals surface area (Å²) in [6, 6.07) is 12.7. The molecule has 1 aliphatic rings. The lowest BCUT2D eigenvalue weighted by Crippen LogP contribution is -2.28. The Morgan fingerprint density at radius 3 is 2.73 bits per heavy atom. The van der Waals surface area contributed by atoms with Gasteiger partial charge in [-0.3, -0.25) is 4.79 Å². The van der Waals surface area contributed by atoms with Crippen LogP contribution in [0.4, 0.5) is 5.00 Å². The van der Waals surface area contributed by atoms with E-state index in [9.17, 15) is 4.79 Å². The Hall–Kier alpha value is -2.85. The van der Waals surface area contributed by atoms with Crippen molar-refractivity contribution in [3.63, 3.8) is 0 Å². The van der Waals surface area contributed by atoms with Crippen molar-refractivity contribution in [2.24, 2.45) is 5.10 Å². The van der Waals surface area contributed by atoms with Gasteiger partial charge in [0.2, 0.25) is 0 Å². The first kappa shape index (κ1) is 18.0. The van der Waals surface area contributed by atoms with E-state index in [1.165, 1.54) is 24.3 Å². The number of rotatable bonds is 6. The predicted molar refractivity (Wildman–Crippen MR) is 103 cm³/mol. The lowest BCUT2D eigenvalue weighted by atomic mass is 10.1. The number of nitriles is 1.